The van der Waals surface area contributed by atoms with E-state index >= 15 is 0 Å². The monoisotopic (exact) mass is 342 g/mol. The molecule has 1 aromatic heterocycles. The van der Waals surface area contributed by atoms with Gasteiger partial charge in [0.25, 0.3) is 0 Å². The molecule has 0 atom stereocenters. The summed E-state index contributed by atoms with van der Waals surface area (Å²) in [6.07, 6.45) is 0. The van der Waals surface area contributed by atoms with Crippen LogP contribution in [0, 0.1) is 13.8 Å². The van der Waals surface area contributed by atoms with Crippen LogP contribution in [0.15, 0.2) is 82.7 Å². The van der Waals surface area contributed by atoms with Crippen LogP contribution in [0.1, 0.15) is 11.1 Å². The normalized spacial score (nSPS) is 11.0. The second-order valence-electron chi connectivity index (χ2n) is 6.15. The summed E-state index contributed by atoms with van der Waals surface area (Å²) in [5.41, 5.74) is 4.51. The van der Waals surface area contributed by atoms with E-state index in [2.05, 4.69) is 68.4 Å². The van der Waals surface area contributed by atoms with Gasteiger partial charge in [-0.2, -0.15) is 0 Å². The molecular weight excluding hydrogens is 324 g/mol. The molecule has 0 aliphatic rings. The van der Waals surface area contributed by atoms with Gasteiger partial charge in [-0.3, -0.25) is 0 Å². The van der Waals surface area contributed by atoms with Crippen molar-refractivity contribution in [2.75, 3.05) is 0 Å². The van der Waals surface area contributed by atoms with Crippen molar-refractivity contribution in [3.8, 4) is 11.4 Å². The molecule has 122 valence electrons. The van der Waals surface area contributed by atoms with Crippen LogP contribution in [0.25, 0.3) is 22.3 Å². The first-order valence-corrected chi connectivity index (χ1v) is 9.09. The highest BCUT2D eigenvalue weighted by molar-refractivity contribution is 7.99. The molecule has 25 heavy (non-hydrogen) atoms. The van der Waals surface area contributed by atoms with Crippen LogP contribution in [0.5, 0.6) is 0 Å². The Morgan fingerprint density at radius 2 is 1.32 bits per heavy atom. The molecule has 0 aliphatic heterocycles. The van der Waals surface area contributed by atoms with Gasteiger partial charge < -0.3 is 0 Å². The standard InChI is InChI=1S/C22H18N2S/c1-15-7-11-17(12-8-15)21-23-20-6-4-3-5-19(20)22(24-21)25-18-13-9-16(2)10-14-18/h3-14H,1-2H3. The highest BCUT2D eigenvalue weighted by atomic mass is 32.2. The molecule has 0 N–H and O–H groups in total. The Morgan fingerprint density at radius 1 is 0.680 bits per heavy atom. The van der Waals surface area contributed by atoms with Crippen LogP contribution in [0.4, 0.5) is 0 Å². The topological polar surface area (TPSA) is 25.8 Å². The number of fused-ring (bicyclic) bond motifs is 1. The molecule has 0 spiro atoms. The first-order chi connectivity index (χ1) is 12.2. The average Bonchev–Trinajstić information content (AvgIpc) is 2.64. The van der Waals surface area contributed by atoms with Crippen LogP contribution in [-0.4, -0.2) is 9.97 Å². The van der Waals surface area contributed by atoms with E-state index in [1.807, 2.05) is 18.2 Å². The van der Waals surface area contributed by atoms with Gasteiger partial charge in [0.2, 0.25) is 0 Å². The fourth-order valence-corrected chi connectivity index (χ4v) is 3.59. The maximum absolute atomic E-state index is 4.87. The van der Waals surface area contributed by atoms with Crippen LogP contribution in [-0.2, 0) is 0 Å². The molecule has 2 nitrogen and oxygen atoms in total. The number of aryl methyl sites for hydroxylation is 2. The van der Waals surface area contributed by atoms with Crippen molar-refractivity contribution in [3.05, 3.63) is 83.9 Å². The van der Waals surface area contributed by atoms with Crippen LogP contribution in [0.3, 0.4) is 0 Å². The average molecular weight is 342 g/mol. The summed E-state index contributed by atoms with van der Waals surface area (Å²) in [5.74, 6) is 0.772. The summed E-state index contributed by atoms with van der Waals surface area (Å²) < 4.78 is 0. The highest BCUT2D eigenvalue weighted by Crippen LogP contribution is 2.33. The Bertz CT molecular complexity index is 1020. The lowest BCUT2D eigenvalue weighted by Crippen LogP contribution is -1.94. The minimum Gasteiger partial charge on any atom is -0.228 e. The quantitative estimate of drug-likeness (QED) is 0.423. The van der Waals surface area contributed by atoms with Crippen molar-refractivity contribution in [1.82, 2.24) is 9.97 Å². The Kier molecular flexibility index (Phi) is 4.24. The van der Waals surface area contributed by atoms with Crippen molar-refractivity contribution in [3.63, 3.8) is 0 Å². The number of nitrogens with zero attached hydrogens (tertiary/aromatic N) is 2. The van der Waals surface area contributed by atoms with Gasteiger partial charge >= 0.3 is 0 Å². The molecular formula is C22H18N2S. The van der Waals surface area contributed by atoms with Gasteiger partial charge in [-0.25, -0.2) is 9.97 Å². The van der Waals surface area contributed by atoms with E-state index in [1.165, 1.54) is 16.0 Å². The molecule has 0 amide bonds. The highest BCUT2D eigenvalue weighted by Gasteiger charge is 2.10. The van der Waals surface area contributed by atoms with Crippen molar-refractivity contribution >= 4 is 22.7 Å². The third-order valence-corrected chi connectivity index (χ3v) is 5.13. The third kappa shape index (κ3) is 3.42. The van der Waals surface area contributed by atoms with Gasteiger partial charge in [0.1, 0.15) is 5.03 Å². The van der Waals surface area contributed by atoms with E-state index in [0.29, 0.717) is 0 Å². The third-order valence-electron chi connectivity index (χ3n) is 4.11. The molecule has 0 radical (unpaired) electrons. The summed E-state index contributed by atoms with van der Waals surface area (Å²) >= 11 is 1.69. The van der Waals surface area contributed by atoms with Gasteiger partial charge in [0.15, 0.2) is 5.82 Å². The van der Waals surface area contributed by atoms with Crippen molar-refractivity contribution in [2.24, 2.45) is 0 Å². The molecule has 4 aromatic rings. The molecule has 3 heteroatoms. The number of para-hydroxylation sites is 1. The number of benzene rings is 3. The first kappa shape index (κ1) is 15.9. The predicted octanol–water partition coefficient (Wildman–Crippen LogP) is 6.06. The Hall–Kier alpha value is -2.65. The van der Waals surface area contributed by atoms with E-state index in [1.54, 1.807) is 11.8 Å². The number of rotatable bonds is 3. The Balaban J connectivity index is 1.83. The second kappa shape index (κ2) is 6.69. The molecule has 4 rings (SSSR count). The summed E-state index contributed by atoms with van der Waals surface area (Å²) in [7, 11) is 0. The molecule has 3 aromatic carbocycles. The summed E-state index contributed by atoms with van der Waals surface area (Å²) in [5, 5.41) is 2.08. The summed E-state index contributed by atoms with van der Waals surface area (Å²) in [6.45, 7) is 4.19. The van der Waals surface area contributed by atoms with E-state index in [0.717, 1.165) is 27.3 Å². The lowest BCUT2D eigenvalue weighted by Gasteiger charge is -2.09. The van der Waals surface area contributed by atoms with Crippen LogP contribution < -0.4 is 0 Å². The lowest BCUT2D eigenvalue weighted by atomic mass is 10.1. The molecule has 0 aliphatic carbocycles. The minimum absolute atomic E-state index is 0.772. The Labute approximate surface area is 152 Å². The zero-order valence-electron chi connectivity index (χ0n) is 14.2. The summed E-state index contributed by atoms with van der Waals surface area (Å²) in [4.78, 5) is 10.8. The summed E-state index contributed by atoms with van der Waals surface area (Å²) in [6, 6.07) is 25.1. The molecule has 1 heterocycles. The number of hydrogen-bond acceptors (Lipinski definition) is 3. The van der Waals surface area contributed by atoms with E-state index in [9.17, 15) is 0 Å². The minimum atomic E-state index is 0.772. The molecule has 0 saturated carbocycles. The van der Waals surface area contributed by atoms with Gasteiger partial charge in [0, 0.05) is 15.8 Å². The zero-order chi connectivity index (χ0) is 17.2. The fraction of sp³-hybridized carbons (Fsp3) is 0.0909. The van der Waals surface area contributed by atoms with Gasteiger partial charge in [-0.15, -0.1) is 0 Å². The molecule has 0 bridgehead atoms. The predicted molar refractivity (Wildman–Crippen MR) is 105 cm³/mol. The van der Waals surface area contributed by atoms with Crippen LogP contribution >= 0.6 is 11.8 Å². The van der Waals surface area contributed by atoms with Gasteiger partial charge in [-0.05, 0) is 32.0 Å². The smallest absolute Gasteiger partial charge is 0.161 e. The molecule has 0 unspecified atom stereocenters. The van der Waals surface area contributed by atoms with Crippen molar-refractivity contribution in [2.45, 2.75) is 23.8 Å². The Morgan fingerprint density at radius 3 is 2.04 bits per heavy atom. The molecule has 0 saturated heterocycles. The van der Waals surface area contributed by atoms with E-state index in [4.69, 9.17) is 9.97 Å². The van der Waals surface area contributed by atoms with Gasteiger partial charge in [-0.1, -0.05) is 77.5 Å². The molecule has 0 fully saturated rings. The largest absolute Gasteiger partial charge is 0.228 e. The lowest BCUT2D eigenvalue weighted by molar-refractivity contribution is 1.11. The second-order valence-corrected chi connectivity index (χ2v) is 7.21. The maximum Gasteiger partial charge on any atom is 0.161 e. The number of hydrogen-bond donors (Lipinski definition) is 0. The number of aromatic nitrogens is 2. The maximum atomic E-state index is 4.87. The van der Waals surface area contributed by atoms with E-state index < -0.39 is 0 Å². The van der Waals surface area contributed by atoms with Crippen LogP contribution in [0.2, 0.25) is 0 Å². The fourth-order valence-electron chi connectivity index (χ4n) is 2.67. The van der Waals surface area contributed by atoms with Gasteiger partial charge in [0.05, 0.1) is 5.52 Å². The van der Waals surface area contributed by atoms with Crippen molar-refractivity contribution < 1.29 is 0 Å². The van der Waals surface area contributed by atoms with E-state index in [-0.39, 0.29) is 0 Å². The van der Waals surface area contributed by atoms with Crippen molar-refractivity contribution in [1.29, 1.82) is 0 Å². The zero-order valence-corrected chi connectivity index (χ0v) is 15.0. The SMILES string of the molecule is Cc1ccc(Sc2nc(-c3ccc(C)cc3)nc3ccccc23)cc1. The first-order valence-electron chi connectivity index (χ1n) is 8.27.